The highest BCUT2D eigenvalue weighted by molar-refractivity contribution is 5.77. The van der Waals surface area contributed by atoms with E-state index in [-0.39, 0.29) is 12.5 Å². The Hall–Kier alpha value is -2.26. The number of likely N-dealkylation sites (tertiary alicyclic amines) is 1. The van der Waals surface area contributed by atoms with Gasteiger partial charge < -0.3 is 19.4 Å². The van der Waals surface area contributed by atoms with Crippen molar-refractivity contribution in [1.82, 2.24) is 29.6 Å². The van der Waals surface area contributed by atoms with Crippen LogP contribution in [0.25, 0.3) is 5.65 Å². The van der Waals surface area contributed by atoms with E-state index >= 15 is 0 Å². The van der Waals surface area contributed by atoms with Crippen LogP contribution in [-0.2, 0) is 9.53 Å². The van der Waals surface area contributed by atoms with Crippen molar-refractivity contribution >= 4 is 17.4 Å². The van der Waals surface area contributed by atoms with Crippen LogP contribution in [0.15, 0.2) is 12.1 Å². The number of hydrogen-bond donors (Lipinski definition) is 0. The lowest BCUT2D eigenvalue weighted by atomic mass is 9.96. The molecule has 0 aliphatic carbocycles. The summed E-state index contributed by atoms with van der Waals surface area (Å²) in [4.78, 5) is 18.2. The van der Waals surface area contributed by atoms with Gasteiger partial charge in [-0.3, -0.25) is 4.79 Å². The quantitative estimate of drug-likeness (QED) is 0.742. The minimum Gasteiger partial charge on any atom is -0.370 e. The Morgan fingerprint density at radius 3 is 2.70 bits per heavy atom. The van der Waals surface area contributed by atoms with Gasteiger partial charge >= 0.3 is 0 Å². The number of aromatic nitrogens is 4. The molecule has 27 heavy (non-hydrogen) atoms. The molecule has 2 aromatic rings. The Morgan fingerprint density at radius 1 is 1.15 bits per heavy atom. The highest BCUT2D eigenvalue weighted by Crippen LogP contribution is 2.27. The summed E-state index contributed by atoms with van der Waals surface area (Å²) < 4.78 is 7.08. The molecule has 0 saturated carbocycles. The molecule has 0 bridgehead atoms. The number of amides is 1. The molecule has 1 amide bonds. The van der Waals surface area contributed by atoms with E-state index in [4.69, 9.17) is 4.74 Å². The average Bonchev–Trinajstić information content (AvgIpc) is 3.11. The van der Waals surface area contributed by atoms with Gasteiger partial charge in [-0.25, -0.2) is 0 Å². The largest absolute Gasteiger partial charge is 0.370 e. The molecule has 0 atom stereocenters. The van der Waals surface area contributed by atoms with Crippen LogP contribution in [0.3, 0.4) is 0 Å². The molecule has 2 aromatic heterocycles. The predicted molar refractivity (Wildman–Crippen MR) is 101 cm³/mol. The predicted octanol–water partition coefficient (Wildman–Crippen LogP) is 0.229. The molecule has 2 aliphatic rings. The van der Waals surface area contributed by atoms with Crippen LogP contribution in [0, 0.1) is 0 Å². The van der Waals surface area contributed by atoms with E-state index in [1.807, 2.05) is 40.5 Å². The molecular formula is C18H27N7O2. The molecule has 2 aliphatic heterocycles. The molecule has 4 rings (SSSR count). The van der Waals surface area contributed by atoms with E-state index in [1.165, 1.54) is 0 Å². The number of hydrogen-bond acceptors (Lipinski definition) is 7. The smallest absolute Gasteiger partial charge is 0.248 e. The Morgan fingerprint density at radius 2 is 1.96 bits per heavy atom. The molecule has 2 saturated heterocycles. The summed E-state index contributed by atoms with van der Waals surface area (Å²) in [7, 11) is 3.96. The van der Waals surface area contributed by atoms with Gasteiger partial charge in [-0.2, -0.15) is 4.52 Å². The van der Waals surface area contributed by atoms with Crippen LogP contribution < -0.4 is 4.90 Å². The number of carbonyl (C=O) groups excluding carboxylic acids is 1. The van der Waals surface area contributed by atoms with Crippen LogP contribution >= 0.6 is 0 Å². The van der Waals surface area contributed by atoms with E-state index in [2.05, 4.69) is 20.2 Å². The first kappa shape index (κ1) is 18.1. The maximum Gasteiger partial charge on any atom is 0.248 e. The second-order valence-electron chi connectivity index (χ2n) is 7.46. The topological polar surface area (TPSA) is 79.1 Å². The number of rotatable bonds is 5. The Bertz CT molecular complexity index is 798. The van der Waals surface area contributed by atoms with E-state index < -0.39 is 0 Å². The van der Waals surface area contributed by atoms with Gasteiger partial charge in [-0.05, 0) is 38.1 Å². The molecule has 0 aromatic carbocycles. The van der Waals surface area contributed by atoms with E-state index in [0.29, 0.717) is 19.1 Å². The van der Waals surface area contributed by atoms with Gasteiger partial charge in [0.25, 0.3) is 0 Å². The lowest BCUT2D eigenvalue weighted by Gasteiger charge is -2.34. The fourth-order valence-corrected chi connectivity index (χ4v) is 3.75. The normalized spacial score (nSPS) is 19.8. The number of ether oxygens (including phenoxy) is 1. The molecule has 0 radical (unpaired) electrons. The first-order chi connectivity index (χ1) is 13.1. The second-order valence-corrected chi connectivity index (χ2v) is 7.46. The summed E-state index contributed by atoms with van der Waals surface area (Å²) in [5.74, 6) is 2.33. The van der Waals surface area contributed by atoms with Crippen molar-refractivity contribution in [2.24, 2.45) is 0 Å². The highest BCUT2D eigenvalue weighted by Gasteiger charge is 2.26. The monoisotopic (exact) mass is 373 g/mol. The minimum absolute atomic E-state index is 0.105. The summed E-state index contributed by atoms with van der Waals surface area (Å²) in [6.45, 7) is 5.30. The minimum atomic E-state index is 0.105. The maximum atomic E-state index is 11.8. The second kappa shape index (κ2) is 7.77. The van der Waals surface area contributed by atoms with Gasteiger partial charge in [0, 0.05) is 39.6 Å². The fraction of sp³-hybridized carbons (Fsp3) is 0.667. The summed E-state index contributed by atoms with van der Waals surface area (Å²) in [5, 5.41) is 13.4. The molecule has 0 unspecified atom stereocenters. The maximum absolute atomic E-state index is 11.8. The van der Waals surface area contributed by atoms with Crippen molar-refractivity contribution in [3.05, 3.63) is 18.0 Å². The number of anilines is 1. The van der Waals surface area contributed by atoms with Gasteiger partial charge in [0.05, 0.1) is 6.61 Å². The molecule has 0 spiro atoms. The Balaban J connectivity index is 1.36. The Labute approximate surface area is 158 Å². The van der Waals surface area contributed by atoms with Crippen molar-refractivity contribution in [2.75, 3.05) is 64.9 Å². The zero-order chi connectivity index (χ0) is 18.8. The third-order valence-electron chi connectivity index (χ3n) is 5.45. The van der Waals surface area contributed by atoms with Crippen LogP contribution in [0.4, 0.5) is 5.82 Å². The fourth-order valence-electron chi connectivity index (χ4n) is 3.75. The van der Waals surface area contributed by atoms with Crippen molar-refractivity contribution in [3.8, 4) is 0 Å². The third kappa shape index (κ3) is 3.89. The Kier molecular flexibility index (Phi) is 5.22. The van der Waals surface area contributed by atoms with Crippen molar-refractivity contribution in [2.45, 2.75) is 18.8 Å². The standard InChI is InChI=1S/C18H27N7O2/c1-22(2)16-4-3-15-19-20-18(25(15)21-16)14-5-7-23(8-6-14)9-10-24-11-12-27-13-17(24)26/h3-4,14H,5-13H2,1-2H3. The molecular weight excluding hydrogens is 346 g/mol. The van der Waals surface area contributed by atoms with Crippen LogP contribution in [0.5, 0.6) is 0 Å². The number of morpholine rings is 1. The molecule has 2 fully saturated rings. The molecule has 0 N–H and O–H groups in total. The molecule has 146 valence electrons. The summed E-state index contributed by atoms with van der Waals surface area (Å²) >= 11 is 0. The zero-order valence-corrected chi connectivity index (χ0v) is 16.0. The van der Waals surface area contributed by atoms with Crippen LogP contribution in [0.2, 0.25) is 0 Å². The van der Waals surface area contributed by atoms with Crippen LogP contribution in [-0.4, -0.2) is 95.6 Å². The van der Waals surface area contributed by atoms with E-state index in [1.54, 1.807) is 0 Å². The summed E-state index contributed by atoms with van der Waals surface area (Å²) in [5.41, 5.74) is 0.795. The zero-order valence-electron chi connectivity index (χ0n) is 16.0. The SMILES string of the molecule is CN(C)c1ccc2nnc(C3CCN(CCN4CCOCC4=O)CC3)n2n1. The lowest BCUT2D eigenvalue weighted by molar-refractivity contribution is -0.142. The third-order valence-corrected chi connectivity index (χ3v) is 5.45. The van der Waals surface area contributed by atoms with Gasteiger partial charge in [-0.1, -0.05) is 0 Å². The summed E-state index contributed by atoms with van der Waals surface area (Å²) in [6.07, 6.45) is 2.07. The van der Waals surface area contributed by atoms with Crippen LogP contribution in [0.1, 0.15) is 24.6 Å². The van der Waals surface area contributed by atoms with Gasteiger partial charge in [-0.15, -0.1) is 15.3 Å². The molecule has 9 nitrogen and oxygen atoms in total. The van der Waals surface area contributed by atoms with Crippen molar-refractivity contribution in [3.63, 3.8) is 0 Å². The molecule has 4 heterocycles. The van der Waals surface area contributed by atoms with Crippen molar-refractivity contribution in [1.29, 1.82) is 0 Å². The van der Waals surface area contributed by atoms with Gasteiger partial charge in [0.2, 0.25) is 5.91 Å². The molecule has 9 heteroatoms. The summed E-state index contributed by atoms with van der Waals surface area (Å²) in [6, 6.07) is 3.93. The van der Waals surface area contributed by atoms with E-state index in [9.17, 15) is 4.79 Å². The van der Waals surface area contributed by atoms with E-state index in [0.717, 1.165) is 56.3 Å². The lowest BCUT2D eigenvalue weighted by Crippen LogP contribution is -2.46. The number of piperidine rings is 1. The number of carbonyl (C=O) groups is 1. The first-order valence-electron chi connectivity index (χ1n) is 9.59. The first-order valence-corrected chi connectivity index (χ1v) is 9.59. The number of nitrogens with zero attached hydrogens (tertiary/aromatic N) is 7. The highest BCUT2D eigenvalue weighted by atomic mass is 16.5. The van der Waals surface area contributed by atoms with Crippen molar-refractivity contribution < 1.29 is 9.53 Å². The number of fused-ring (bicyclic) bond motifs is 1. The average molecular weight is 373 g/mol. The van der Waals surface area contributed by atoms with Gasteiger partial charge in [0.1, 0.15) is 12.4 Å². The van der Waals surface area contributed by atoms with Gasteiger partial charge in [0.15, 0.2) is 11.5 Å².